The average molecular weight is 283 g/mol. The molecule has 2 aromatic carbocycles. The second kappa shape index (κ2) is 7.84. The predicted molar refractivity (Wildman–Crippen MR) is 88.9 cm³/mol. The maximum Gasteiger partial charge on any atom is 0.119 e. The molecule has 0 bridgehead atoms. The molecule has 0 heterocycles. The van der Waals surface area contributed by atoms with Gasteiger partial charge in [0.15, 0.2) is 0 Å². The van der Waals surface area contributed by atoms with E-state index in [0.29, 0.717) is 12.5 Å². The summed E-state index contributed by atoms with van der Waals surface area (Å²) in [5, 5.41) is 3.40. The fraction of sp³-hybridized carbons (Fsp3) is 0.368. The number of benzene rings is 2. The smallest absolute Gasteiger partial charge is 0.119 e. The van der Waals surface area contributed by atoms with Gasteiger partial charge in [0, 0.05) is 13.1 Å². The Kier molecular flexibility index (Phi) is 5.82. The Morgan fingerprint density at radius 2 is 1.81 bits per heavy atom. The van der Waals surface area contributed by atoms with E-state index in [-0.39, 0.29) is 0 Å². The summed E-state index contributed by atoms with van der Waals surface area (Å²) in [6.45, 7) is 8.95. The van der Waals surface area contributed by atoms with Crippen LogP contribution in [0.4, 0.5) is 0 Å². The van der Waals surface area contributed by atoms with Gasteiger partial charge in [-0.3, -0.25) is 0 Å². The Labute approximate surface area is 128 Å². The molecule has 0 unspecified atom stereocenters. The molecule has 112 valence electrons. The summed E-state index contributed by atoms with van der Waals surface area (Å²) >= 11 is 0. The molecule has 21 heavy (non-hydrogen) atoms. The van der Waals surface area contributed by atoms with Gasteiger partial charge in [0.05, 0.1) is 0 Å². The van der Waals surface area contributed by atoms with Crippen molar-refractivity contribution in [3.05, 3.63) is 65.2 Å². The summed E-state index contributed by atoms with van der Waals surface area (Å²) in [5.41, 5.74) is 3.89. The predicted octanol–water partition coefficient (Wildman–Crippen LogP) is 4.29. The van der Waals surface area contributed by atoms with E-state index in [1.165, 1.54) is 16.7 Å². The van der Waals surface area contributed by atoms with Crippen LogP contribution < -0.4 is 10.1 Å². The molecule has 0 radical (unpaired) electrons. The standard InChI is InChI=1S/C19H25NO/c1-15(2)18-11-16(3)12-19(13-18)21-10-9-20-14-17-7-5-4-6-8-17/h4-8,11-13,15,20H,9-10,14H2,1-3H3. The summed E-state index contributed by atoms with van der Waals surface area (Å²) in [6.07, 6.45) is 0. The van der Waals surface area contributed by atoms with Crippen molar-refractivity contribution in [3.8, 4) is 5.75 Å². The van der Waals surface area contributed by atoms with Gasteiger partial charge >= 0.3 is 0 Å². The van der Waals surface area contributed by atoms with Gasteiger partial charge in [-0.05, 0) is 41.7 Å². The zero-order valence-electron chi connectivity index (χ0n) is 13.2. The van der Waals surface area contributed by atoms with E-state index in [1.807, 2.05) is 6.07 Å². The van der Waals surface area contributed by atoms with Crippen molar-refractivity contribution in [1.29, 1.82) is 0 Å². The van der Waals surface area contributed by atoms with E-state index >= 15 is 0 Å². The van der Waals surface area contributed by atoms with Crippen LogP contribution in [0.1, 0.15) is 36.5 Å². The first kappa shape index (κ1) is 15.6. The molecule has 2 aromatic rings. The monoisotopic (exact) mass is 283 g/mol. The summed E-state index contributed by atoms with van der Waals surface area (Å²) in [7, 11) is 0. The number of rotatable bonds is 7. The number of aryl methyl sites for hydroxylation is 1. The molecule has 2 heteroatoms. The van der Waals surface area contributed by atoms with Crippen LogP contribution in [0.15, 0.2) is 48.5 Å². The van der Waals surface area contributed by atoms with Gasteiger partial charge in [-0.1, -0.05) is 50.2 Å². The average Bonchev–Trinajstić information content (AvgIpc) is 2.47. The number of hydrogen-bond acceptors (Lipinski definition) is 2. The van der Waals surface area contributed by atoms with Crippen LogP contribution in [0.2, 0.25) is 0 Å². The third kappa shape index (κ3) is 5.24. The molecular weight excluding hydrogens is 258 g/mol. The van der Waals surface area contributed by atoms with Crippen molar-refractivity contribution in [2.75, 3.05) is 13.2 Å². The van der Waals surface area contributed by atoms with E-state index in [1.54, 1.807) is 0 Å². The molecule has 0 amide bonds. The van der Waals surface area contributed by atoms with Crippen LogP contribution in [0.5, 0.6) is 5.75 Å². The highest BCUT2D eigenvalue weighted by atomic mass is 16.5. The van der Waals surface area contributed by atoms with Gasteiger partial charge in [0.2, 0.25) is 0 Å². The van der Waals surface area contributed by atoms with Gasteiger partial charge < -0.3 is 10.1 Å². The van der Waals surface area contributed by atoms with Crippen molar-refractivity contribution in [3.63, 3.8) is 0 Å². The van der Waals surface area contributed by atoms with Crippen LogP contribution >= 0.6 is 0 Å². The molecule has 0 atom stereocenters. The normalized spacial score (nSPS) is 10.9. The highest BCUT2D eigenvalue weighted by Gasteiger charge is 2.03. The largest absolute Gasteiger partial charge is 0.492 e. The summed E-state index contributed by atoms with van der Waals surface area (Å²) in [6, 6.07) is 16.9. The molecule has 0 aliphatic carbocycles. The van der Waals surface area contributed by atoms with Gasteiger partial charge in [-0.2, -0.15) is 0 Å². The molecule has 0 aromatic heterocycles. The van der Waals surface area contributed by atoms with Crippen molar-refractivity contribution in [1.82, 2.24) is 5.32 Å². The third-order valence-electron chi connectivity index (χ3n) is 3.46. The zero-order chi connectivity index (χ0) is 15.1. The third-order valence-corrected chi connectivity index (χ3v) is 3.46. The lowest BCUT2D eigenvalue weighted by Crippen LogP contribution is -2.20. The SMILES string of the molecule is Cc1cc(OCCNCc2ccccc2)cc(C(C)C)c1. The van der Waals surface area contributed by atoms with Gasteiger partial charge in [-0.15, -0.1) is 0 Å². The van der Waals surface area contributed by atoms with Crippen LogP contribution in [0.25, 0.3) is 0 Å². The second-order valence-corrected chi connectivity index (χ2v) is 5.74. The molecule has 0 aliphatic rings. The first-order chi connectivity index (χ1) is 10.1. The summed E-state index contributed by atoms with van der Waals surface area (Å²) < 4.78 is 5.85. The van der Waals surface area contributed by atoms with Crippen molar-refractivity contribution in [2.24, 2.45) is 0 Å². The molecule has 1 N–H and O–H groups in total. The van der Waals surface area contributed by atoms with Crippen molar-refractivity contribution in [2.45, 2.75) is 33.2 Å². The lowest BCUT2D eigenvalue weighted by molar-refractivity contribution is 0.313. The number of nitrogens with one attached hydrogen (secondary N) is 1. The van der Waals surface area contributed by atoms with Crippen LogP contribution in [-0.2, 0) is 6.54 Å². The fourth-order valence-electron chi connectivity index (χ4n) is 2.26. The topological polar surface area (TPSA) is 21.3 Å². The maximum atomic E-state index is 5.85. The molecule has 2 rings (SSSR count). The van der Waals surface area contributed by atoms with E-state index in [9.17, 15) is 0 Å². The Morgan fingerprint density at radius 1 is 1.05 bits per heavy atom. The maximum absolute atomic E-state index is 5.85. The van der Waals surface area contributed by atoms with Crippen molar-refractivity contribution < 1.29 is 4.74 Å². The van der Waals surface area contributed by atoms with Gasteiger partial charge in [0.1, 0.15) is 12.4 Å². The minimum absolute atomic E-state index is 0.531. The lowest BCUT2D eigenvalue weighted by Gasteiger charge is -2.12. The van der Waals surface area contributed by atoms with Crippen LogP contribution in [-0.4, -0.2) is 13.2 Å². The second-order valence-electron chi connectivity index (χ2n) is 5.74. The Balaban J connectivity index is 1.76. The van der Waals surface area contributed by atoms with E-state index in [0.717, 1.165) is 18.8 Å². The highest BCUT2D eigenvalue weighted by molar-refractivity contribution is 5.35. The summed E-state index contributed by atoms with van der Waals surface area (Å²) in [5.74, 6) is 1.50. The molecule has 0 aliphatic heterocycles. The highest BCUT2D eigenvalue weighted by Crippen LogP contribution is 2.22. The quantitative estimate of drug-likeness (QED) is 0.765. The van der Waals surface area contributed by atoms with E-state index < -0.39 is 0 Å². The molecule has 2 nitrogen and oxygen atoms in total. The molecule has 0 spiro atoms. The minimum atomic E-state index is 0.531. The van der Waals surface area contributed by atoms with E-state index in [4.69, 9.17) is 4.74 Å². The van der Waals surface area contributed by atoms with Crippen LogP contribution in [0.3, 0.4) is 0 Å². The Morgan fingerprint density at radius 3 is 2.52 bits per heavy atom. The fourth-order valence-corrected chi connectivity index (χ4v) is 2.26. The molecule has 0 fully saturated rings. The number of hydrogen-bond donors (Lipinski definition) is 1. The Hall–Kier alpha value is -1.80. The lowest BCUT2D eigenvalue weighted by atomic mass is 10.0. The summed E-state index contributed by atoms with van der Waals surface area (Å²) in [4.78, 5) is 0. The van der Waals surface area contributed by atoms with Gasteiger partial charge in [-0.25, -0.2) is 0 Å². The first-order valence-electron chi connectivity index (χ1n) is 7.64. The molecule has 0 saturated carbocycles. The van der Waals surface area contributed by atoms with Gasteiger partial charge in [0.25, 0.3) is 0 Å². The minimum Gasteiger partial charge on any atom is -0.492 e. The zero-order valence-corrected chi connectivity index (χ0v) is 13.2. The first-order valence-corrected chi connectivity index (χ1v) is 7.64. The van der Waals surface area contributed by atoms with E-state index in [2.05, 4.69) is 68.6 Å². The Bertz CT molecular complexity index is 549. The molecule has 0 saturated heterocycles. The molecular formula is C19H25NO. The number of ether oxygens (including phenoxy) is 1. The van der Waals surface area contributed by atoms with Crippen molar-refractivity contribution >= 4 is 0 Å². The van der Waals surface area contributed by atoms with Crippen LogP contribution in [0, 0.1) is 6.92 Å².